The molecule has 1 saturated carbocycles. The van der Waals surface area contributed by atoms with Crippen molar-refractivity contribution in [2.75, 3.05) is 0 Å². The summed E-state index contributed by atoms with van der Waals surface area (Å²) in [7, 11) is 0. The average Bonchev–Trinajstić information content (AvgIpc) is 3.20. The molecule has 1 amide bonds. The van der Waals surface area contributed by atoms with Crippen molar-refractivity contribution in [1.29, 1.82) is 0 Å². The fourth-order valence-corrected chi connectivity index (χ4v) is 3.37. The summed E-state index contributed by atoms with van der Waals surface area (Å²) in [4.78, 5) is 16.6. The number of nitrogens with zero attached hydrogens (tertiary/aromatic N) is 2. The van der Waals surface area contributed by atoms with E-state index < -0.39 is 24.1 Å². The molecule has 0 spiro atoms. The lowest BCUT2D eigenvalue weighted by molar-refractivity contribution is -0.123. The monoisotopic (exact) mass is 396 g/mol. The Balaban J connectivity index is 1.72. The molecule has 2 heterocycles. The van der Waals surface area contributed by atoms with E-state index in [1.54, 1.807) is 18.3 Å². The van der Waals surface area contributed by atoms with Crippen LogP contribution in [0.4, 0.5) is 8.78 Å². The lowest BCUT2D eigenvalue weighted by atomic mass is 9.97. The summed E-state index contributed by atoms with van der Waals surface area (Å²) in [5, 5.41) is 9.72. The van der Waals surface area contributed by atoms with Crippen LogP contribution in [0.2, 0.25) is 0 Å². The van der Waals surface area contributed by atoms with Crippen LogP contribution in [-0.2, 0) is 4.79 Å². The van der Waals surface area contributed by atoms with E-state index in [4.69, 9.17) is 0 Å². The summed E-state index contributed by atoms with van der Waals surface area (Å²) in [6.45, 7) is 3.78. The zero-order valence-electron chi connectivity index (χ0n) is 16.2. The topological polar surface area (TPSA) is 70.7 Å². The van der Waals surface area contributed by atoms with E-state index in [2.05, 4.69) is 20.5 Å². The highest BCUT2D eigenvalue weighted by atomic mass is 19.1. The summed E-state index contributed by atoms with van der Waals surface area (Å²) in [6, 6.07) is 12.0. The average molecular weight is 396 g/mol. The van der Waals surface area contributed by atoms with Gasteiger partial charge >= 0.3 is 0 Å². The number of halogens is 2. The SMILES string of the molecule is CC(C)c1ccc([C@@H](NC(=O)[C@@H]2CC2F)c2cccc(-c3ccn[nH]3)c2)nc1F. The van der Waals surface area contributed by atoms with Crippen LogP contribution in [-0.4, -0.2) is 27.3 Å². The molecule has 29 heavy (non-hydrogen) atoms. The lowest BCUT2D eigenvalue weighted by Gasteiger charge is -2.20. The van der Waals surface area contributed by atoms with Gasteiger partial charge in [-0.25, -0.2) is 9.37 Å². The summed E-state index contributed by atoms with van der Waals surface area (Å²) in [6.07, 6.45) is 0.762. The standard InChI is InChI=1S/C22H22F2N4O/c1-12(2)15-6-7-19(26-21(15)24)20(27-22(29)16-11-17(16)23)14-5-3-4-13(10-14)18-8-9-25-28-18/h3-10,12,16-17,20H,11H2,1-2H3,(H,25,28)(H,27,29)/t16-,17?,20+/m1/s1. The Kier molecular flexibility index (Phi) is 5.13. The molecule has 5 nitrogen and oxygen atoms in total. The van der Waals surface area contributed by atoms with Gasteiger partial charge < -0.3 is 5.32 Å². The minimum absolute atomic E-state index is 0.00735. The Morgan fingerprint density at radius 1 is 1.24 bits per heavy atom. The van der Waals surface area contributed by atoms with Gasteiger partial charge in [-0.15, -0.1) is 0 Å². The molecular formula is C22H22F2N4O. The highest BCUT2D eigenvalue weighted by Crippen LogP contribution is 2.35. The van der Waals surface area contributed by atoms with Gasteiger partial charge in [0.15, 0.2) is 0 Å². The number of alkyl halides is 1. The largest absolute Gasteiger partial charge is 0.343 e. The molecule has 4 rings (SSSR count). The third-order valence-corrected chi connectivity index (χ3v) is 5.18. The zero-order chi connectivity index (χ0) is 20.5. The van der Waals surface area contributed by atoms with Crippen LogP contribution in [0.15, 0.2) is 48.7 Å². The van der Waals surface area contributed by atoms with Crippen LogP contribution in [0.3, 0.4) is 0 Å². The van der Waals surface area contributed by atoms with E-state index in [0.717, 1.165) is 16.8 Å². The third kappa shape index (κ3) is 4.04. The smallest absolute Gasteiger partial charge is 0.226 e. The predicted octanol–water partition coefficient (Wildman–Crippen LogP) is 4.30. The Bertz CT molecular complexity index is 1020. The molecule has 0 saturated heterocycles. The van der Waals surface area contributed by atoms with Gasteiger partial charge in [-0.05, 0) is 41.7 Å². The molecule has 0 bridgehead atoms. The number of aromatic amines is 1. The highest BCUT2D eigenvalue weighted by molar-refractivity contribution is 5.82. The van der Waals surface area contributed by atoms with Crippen molar-refractivity contribution >= 4 is 5.91 Å². The minimum Gasteiger partial charge on any atom is -0.343 e. The number of amides is 1. The maximum Gasteiger partial charge on any atom is 0.226 e. The molecule has 1 unspecified atom stereocenters. The predicted molar refractivity (Wildman–Crippen MR) is 105 cm³/mol. The molecule has 1 aliphatic rings. The summed E-state index contributed by atoms with van der Waals surface area (Å²) < 4.78 is 27.9. The second-order valence-electron chi connectivity index (χ2n) is 7.67. The molecular weight excluding hydrogens is 374 g/mol. The van der Waals surface area contributed by atoms with Gasteiger partial charge in [0.2, 0.25) is 11.9 Å². The molecule has 0 radical (unpaired) electrons. The molecule has 1 aliphatic carbocycles. The molecule has 1 aromatic carbocycles. The molecule has 150 valence electrons. The first-order valence-corrected chi connectivity index (χ1v) is 9.64. The van der Waals surface area contributed by atoms with E-state index in [-0.39, 0.29) is 18.2 Å². The minimum atomic E-state index is -1.11. The van der Waals surface area contributed by atoms with E-state index in [0.29, 0.717) is 11.3 Å². The van der Waals surface area contributed by atoms with Gasteiger partial charge in [0, 0.05) is 11.8 Å². The number of nitrogens with one attached hydrogen (secondary N) is 2. The summed E-state index contributed by atoms with van der Waals surface area (Å²) in [5.74, 6) is -1.60. The molecule has 0 aliphatic heterocycles. The van der Waals surface area contributed by atoms with Gasteiger partial charge in [0.05, 0.1) is 23.3 Å². The quantitative estimate of drug-likeness (QED) is 0.611. The Labute approximate surface area is 167 Å². The van der Waals surface area contributed by atoms with E-state index in [9.17, 15) is 13.6 Å². The first-order valence-electron chi connectivity index (χ1n) is 9.64. The van der Waals surface area contributed by atoms with Gasteiger partial charge in [0.1, 0.15) is 6.17 Å². The van der Waals surface area contributed by atoms with Crippen LogP contribution in [0.5, 0.6) is 0 Å². The number of aromatic nitrogens is 3. The Morgan fingerprint density at radius 2 is 2.03 bits per heavy atom. The molecule has 3 atom stereocenters. The van der Waals surface area contributed by atoms with Crippen molar-refractivity contribution in [2.45, 2.75) is 38.4 Å². The number of carbonyl (C=O) groups excluding carboxylic acids is 1. The second-order valence-corrected chi connectivity index (χ2v) is 7.67. The van der Waals surface area contributed by atoms with Gasteiger partial charge in [-0.1, -0.05) is 38.1 Å². The van der Waals surface area contributed by atoms with Gasteiger partial charge in [0.25, 0.3) is 0 Å². The number of H-pyrrole nitrogens is 1. The van der Waals surface area contributed by atoms with E-state index in [1.165, 1.54) is 0 Å². The molecule has 2 N–H and O–H groups in total. The molecule has 2 aromatic heterocycles. The number of carbonyl (C=O) groups is 1. The fourth-order valence-electron chi connectivity index (χ4n) is 3.37. The van der Waals surface area contributed by atoms with Crippen LogP contribution in [0.1, 0.15) is 49.0 Å². The first-order chi connectivity index (χ1) is 13.9. The second kappa shape index (κ2) is 7.73. The van der Waals surface area contributed by atoms with Crippen molar-refractivity contribution < 1.29 is 13.6 Å². The van der Waals surface area contributed by atoms with Crippen LogP contribution in [0.25, 0.3) is 11.3 Å². The molecule has 1 fully saturated rings. The Hall–Kier alpha value is -3.09. The number of pyridine rings is 1. The third-order valence-electron chi connectivity index (χ3n) is 5.18. The maximum absolute atomic E-state index is 14.6. The summed E-state index contributed by atoms with van der Waals surface area (Å²) >= 11 is 0. The number of rotatable bonds is 6. The van der Waals surface area contributed by atoms with Crippen LogP contribution in [0, 0.1) is 11.9 Å². The maximum atomic E-state index is 14.6. The van der Waals surface area contributed by atoms with E-state index >= 15 is 0 Å². The molecule has 7 heteroatoms. The van der Waals surface area contributed by atoms with Gasteiger partial charge in [-0.2, -0.15) is 9.49 Å². The number of hydrogen-bond donors (Lipinski definition) is 2. The lowest BCUT2D eigenvalue weighted by Crippen LogP contribution is -2.32. The van der Waals surface area contributed by atoms with Crippen molar-refractivity contribution in [3.8, 4) is 11.3 Å². The number of benzene rings is 1. The van der Waals surface area contributed by atoms with Gasteiger partial charge in [-0.3, -0.25) is 9.89 Å². The van der Waals surface area contributed by atoms with Crippen molar-refractivity contribution in [1.82, 2.24) is 20.5 Å². The molecule has 3 aromatic rings. The van der Waals surface area contributed by atoms with Crippen molar-refractivity contribution in [3.63, 3.8) is 0 Å². The first kappa shape index (κ1) is 19.2. The fraction of sp³-hybridized carbons (Fsp3) is 0.318. The van der Waals surface area contributed by atoms with Crippen molar-refractivity contribution in [3.05, 3.63) is 71.4 Å². The normalized spacial score (nSPS) is 19.2. The van der Waals surface area contributed by atoms with Crippen molar-refractivity contribution in [2.24, 2.45) is 5.92 Å². The zero-order valence-corrected chi connectivity index (χ0v) is 16.2. The number of hydrogen-bond acceptors (Lipinski definition) is 3. The highest BCUT2D eigenvalue weighted by Gasteiger charge is 2.44. The summed E-state index contributed by atoms with van der Waals surface area (Å²) in [5.41, 5.74) is 3.30. The van der Waals surface area contributed by atoms with E-state index in [1.807, 2.05) is 44.2 Å². The van der Waals surface area contributed by atoms with Crippen LogP contribution >= 0.6 is 0 Å². The van der Waals surface area contributed by atoms with Crippen LogP contribution < -0.4 is 5.32 Å². The Morgan fingerprint density at radius 3 is 2.66 bits per heavy atom.